The largest absolute Gasteiger partial charge is 0.299 e. The molecule has 1 aromatic carbocycles. The first-order chi connectivity index (χ1) is 11.5. The molecule has 0 saturated heterocycles. The predicted molar refractivity (Wildman–Crippen MR) is 96.0 cm³/mol. The van der Waals surface area contributed by atoms with Gasteiger partial charge in [-0.3, -0.25) is 9.48 Å². The van der Waals surface area contributed by atoms with Gasteiger partial charge in [-0.2, -0.15) is 5.10 Å². The molecule has 128 valence electrons. The molecular weight excluding hydrogens is 322 g/mol. The summed E-state index contributed by atoms with van der Waals surface area (Å²) in [6.45, 7) is 2.25. The van der Waals surface area contributed by atoms with Gasteiger partial charge in [0.25, 0.3) is 0 Å². The van der Waals surface area contributed by atoms with E-state index in [0.717, 1.165) is 24.2 Å². The molecule has 4 nitrogen and oxygen atoms in total. The van der Waals surface area contributed by atoms with E-state index in [0.29, 0.717) is 23.7 Å². The van der Waals surface area contributed by atoms with E-state index in [2.05, 4.69) is 17.0 Å². The maximum atomic E-state index is 12.5. The highest BCUT2D eigenvalue weighted by Gasteiger charge is 2.29. The molecule has 0 radical (unpaired) electrons. The summed E-state index contributed by atoms with van der Waals surface area (Å²) in [6, 6.07) is 7.43. The van der Waals surface area contributed by atoms with Crippen molar-refractivity contribution in [2.24, 2.45) is 12.5 Å². The van der Waals surface area contributed by atoms with Crippen molar-refractivity contribution in [2.75, 3.05) is 0 Å². The highest BCUT2D eigenvalue weighted by atomic mass is 35.5. The molecule has 1 aliphatic carbocycles. The van der Waals surface area contributed by atoms with E-state index in [1.165, 1.54) is 19.3 Å². The Kier molecular flexibility index (Phi) is 5.04. The zero-order valence-corrected chi connectivity index (χ0v) is 15.1. The fourth-order valence-electron chi connectivity index (χ4n) is 3.59. The second-order valence-electron chi connectivity index (χ2n) is 7.25. The van der Waals surface area contributed by atoms with Gasteiger partial charge in [-0.25, -0.2) is 4.98 Å². The highest BCUT2D eigenvalue weighted by molar-refractivity contribution is 6.30. The lowest BCUT2D eigenvalue weighted by molar-refractivity contribution is -0.121. The summed E-state index contributed by atoms with van der Waals surface area (Å²) in [4.78, 5) is 17.1. The van der Waals surface area contributed by atoms with Gasteiger partial charge in [-0.05, 0) is 42.5 Å². The Morgan fingerprint density at radius 1 is 1.21 bits per heavy atom. The normalized spacial score (nSPS) is 17.0. The van der Waals surface area contributed by atoms with E-state index in [9.17, 15) is 4.79 Å². The molecule has 0 aliphatic heterocycles. The molecule has 0 spiro atoms. The Morgan fingerprint density at radius 3 is 2.54 bits per heavy atom. The topological polar surface area (TPSA) is 47.8 Å². The zero-order valence-electron chi connectivity index (χ0n) is 14.4. The van der Waals surface area contributed by atoms with Gasteiger partial charge >= 0.3 is 0 Å². The molecule has 2 aromatic rings. The minimum Gasteiger partial charge on any atom is -0.299 e. The number of hydrogen-bond donors (Lipinski definition) is 0. The van der Waals surface area contributed by atoms with Gasteiger partial charge < -0.3 is 0 Å². The molecule has 1 fully saturated rings. The second-order valence-corrected chi connectivity index (χ2v) is 7.68. The maximum Gasteiger partial charge on any atom is 0.181 e. The molecule has 0 unspecified atom stereocenters. The molecule has 24 heavy (non-hydrogen) atoms. The van der Waals surface area contributed by atoms with Crippen LogP contribution in [0.2, 0.25) is 5.02 Å². The molecular formula is C19H24ClN3O. The lowest BCUT2D eigenvalue weighted by Gasteiger charge is -2.32. The van der Waals surface area contributed by atoms with E-state index in [1.807, 2.05) is 31.3 Å². The Hall–Kier alpha value is -1.68. The van der Waals surface area contributed by atoms with Gasteiger partial charge in [0, 0.05) is 24.1 Å². The molecule has 5 heteroatoms. The van der Waals surface area contributed by atoms with Crippen molar-refractivity contribution >= 4 is 17.4 Å². The monoisotopic (exact) mass is 345 g/mol. The van der Waals surface area contributed by atoms with Crippen molar-refractivity contribution in [3.05, 3.63) is 35.1 Å². The van der Waals surface area contributed by atoms with Crippen LogP contribution in [0.1, 0.15) is 51.3 Å². The van der Waals surface area contributed by atoms with Crippen LogP contribution in [0.15, 0.2) is 24.3 Å². The van der Waals surface area contributed by atoms with Gasteiger partial charge in [0.2, 0.25) is 0 Å². The molecule has 1 saturated carbocycles. The van der Waals surface area contributed by atoms with E-state index < -0.39 is 0 Å². The molecule has 0 bridgehead atoms. The fourth-order valence-corrected chi connectivity index (χ4v) is 3.71. The maximum absolute atomic E-state index is 12.5. The second kappa shape index (κ2) is 7.06. The van der Waals surface area contributed by atoms with Crippen LogP contribution in [-0.4, -0.2) is 20.5 Å². The number of nitrogens with zero attached hydrogens (tertiary/aromatic N) is 3. The molecule has 0 N–H and O–H groups in total. The number of halogens is 1. The Labute approximate surface area is 148 Å². The van der Waals surface area contributed by atoms with Crippen molar-refractivity contribution in [3.8, 4) is 11.4 Å². The lowest BCUT2D eigenvalue weighted by Crippen LogP contribution is -2.25. The van der Waals surface area contributed by atoms with E-state index in [-0.39, 0.29) is 11.2 Å². The van der Waals surface area contributed by atoms with Crippen molar-refractivity contribution in [1.82, 2.24) is 14.8 Å². The minimum absolute atomic E-state index is 0.174. The molecule has 1 heterocycles. The highest BCUT2D eigenvalue weighted by Crippen LogP contribution is 2.39. The van der Waals surface area contributed by atoms with E-state index >= 15 is 0 Å². The molecule has 0 amide bonds. The van der Waals surface area contributed by atoms with Crippen molar-refractivity contribution in [3.63, 3.8) is 0 Å². The quantitative estimate of drug-likeness (QED) is 0.795. The van der Waals surface area contributed by atoms with Gasteiger partial charge in [-0.1, -0.05) is 37.8 Å². The summed E-state index contributed by atoms with van der Waals surface area (Å²) in [5.74, 6) is 1.63. The molecule has 3 rings (SSSR count). The smallest absolute Gasteiger partial charge is 0.181 e. The van der Waals surface area contributed by atoms with Gasteiger partial charge in [0.1, 0.15) is 11.6 Å². The standard InChI is InChI=1S/C19H24ClN3O/c1-19(10-4-3-5-11-19)13-16(24)12-17-21-18(22-23(17)2)14-6-8-15(20)9-7-14/h6-9H,3-5,10-13H2,1-2H3. The van der Waals surface area contributed by atoms with Gasteiger partial charge in [0.05, 0.1) is 6.42 Å². The van der Waals surface area contributed by atoms with Crippen LogP contribution in [0.5, 0.6) is 0 Å². The average Bonchev–Trinajstić information content (AvgIpc) is 2.89. The third-order valence-electron chi connectivity index (χ3n) is 5.00. The summed E-state index contributed by atoms with van der Waals surface area (Å²) >= 11 is 5.92. The van der Waals surface area contributed by atoms with Gasteiger partial charge in [0.15, 0.2) is 5.82 Å². The average molecular weight is 346 g/mol. The molecule has 0 atom stereocenters. The summed E-state index contributed by atoms with van der Waals surface area (Å²) in [7, 11) is 1.84. The summed E-state index contributed by atoms with van der Waals surface area (Å²) in [5.41, 5.74) is 1.08. The van der Waals surface area contributed by atoms with Crippen LogP contribution in [0.25, 0.3) is 11.4 Å². The first kappa shape index (κ1) is 17.2. The van der Waals surface area contributed by atoms with Crippen LogP contribution in [0, 0.1) is 5.41 Å². The number of benzene rings is 1. The summed E-state index contributed by atoms with van der Waals surface area (Å²) in [6.07, 6.45) is 7.12. The van der Waals surface area contributed by atoms with E-state index in [1.54, 1.807) is 4.68 Å². The fraction of sp³-hybridized carbons (Fsp3) is 0.526. The third kappa shape index (κ3) is 4.04. The first-order valence-electron chi connectivity index (χ1n) is 8.63. The lowest BCUT2D eigenvalue weighted by atomic mass is 9.72. The number of rotatable bonds is 5. The number of Topliss-reactive ketones (excluding diaryl/α,β-unsaturated/α-hetero) is 1. The predicted octanol–water partition coefficient (Wildman–Crippen LogP) is 4.61. The van der Waals surface area contributed by atoms with Crippen molar-refractivity contribution in [1.29, 1.82) is 0 Å². The zero-order chi connectivity index (χ0) is 17.2. The number of aromatic nitrogens is 3. The van der Waals surface area contributed by atoms with Crippen LogP contribution in [0.3, 0.4) is 0 Å². The number of ketones is 1. The van der Waals surface area contributed by atoms with Crippen LogP contribution in [0.4, 0.5) is 0 Å². The Balaban J connectivity index is 1.69. The third-order valence-corrected chi connectivity index (χ3v) is 5.25. The number of carbonyl (C=O) groups is 1. The summed E-state index contributed by atoms with van der Waals surface area (Å²) in [5, 5.41) is 5.12. The summed E-state index contributed by atoms with van der Waals surface area (Å²) < 4.78 is 1.71. The van der Waals surface area contributed by atoms with Gasteiger partial charge in [-0.15, -0.1) is 0 Å². The molecule has 1 aromatic heterocycles. The Bertz CT molecular complexity index is 715. The number of hydrogen-bond acceptors (Lipinski definition) is 3. The number of aryl methyl sites for hydroxylation is 1. The Morgan fingerprint density at radius 2 is 1.88 bits per heavy atom. The SMILES string of the molecule is Cn1nc(-c2ccc(Cl)cc2)nc1CC(=O)CC1(C)CCCCC1. The van der Waals surface area contributed by atoms with Crippen LogP contribution >= 0.6 is 11.6 Å². The molecule has 1 aliphatic rings. The van der Waals surface area contributed by atoms with Crippen LogP contribution in [-0.2, 0) is 18.3 Å². The number of carbonyl (C=O) groups excluding carboxylic acids is 1. The first-order valence-corrected chi connectivity index (χ1v) is 9.01. The van der Waals surface area contributed by atoms with E-state index in [4.69, 9.17) is 11.6 Å². The minimum atomic E-state index is 0.174. The van der Waals surface area contributed by atoms with Crippen LogP contribution < -0.4 is 0 Å². The van der Waals surface area contributed by atoms with Crippen molar-refractivity contribution in [2.45, 2.75) is 51.9 Å². The van der Waals surface area contributed by atoms with Crippen molar-refractivity contribution < 1.29 is 4.79 Å².